The summed E-state index contributed by atoms with van der Waals surface area (Å²) < 4.78 is 9.89. The van der Waals surface area contributed by atoms with Gasteiger partial charge in [0.2, 0.25) is 0 Å². The molecule has 0 spiro atoms. The number of hydrogen-bond acceptors (Lipinski definition) is 4. The van der Waals surface area contributed by atoms with Crippen LogP contribution >= 0.6 is 23.5 Å². The minimum absolute atomic E-state index is 1.06. The number of nitrogens with zero attached hydrogens (tertiary/aromatic N) is 3. The van der Waals surface area contributed by atoms with Gasteiger partial charge in [-0.05, 0) is 5.75 Å². The normalized spacial score (nSPS) is 19.6. The van der Waals surface area contributed by atoms with E-state index in [1.54, 1.807) is 11.8 Å². The molecule has 5 heteroatoms. The first-order valence-electron chi connectivity index (χ1n) is 5.59. The summed E-state index contributed by atoms with van der Waals surface area (Å²) in [6, 6.07) is 0. The SMILES string of the molecule is CCSc1nsnc1C1=CCC[N+](C)(C)C1. The van der Waals surface area contributed by atoms with Crippen LogP contribution < -0.4 is 0 Å². The first-order chi connectivity index (χ1) is 7.62. The Hall–Kier alpha value is -0.390. The average Bonchev–Trinajstić information content (AvgIpc) is 2.65. The Morgan fingerprint density at radius 3 is 2.94 bits per heavy atom. The molecule has 2 rings (SSSR count). The molecule has 88 valence electrons. The zero-order chi connectivity index (χ0) is 11.6. The monoisotopic (exact) mass is 256 g/mol. The van der Waals surface area contributed by atoms with Crippen LogP contribution in [-0.2, 0) is 0 Å². The van der Waals surface area contributed by atoms with Crippen molar-refractivity contribution in [2.45, 2.75) is 18.4 Å². The fourth-order valence-electron chi connectivity index (χ4n) is 1.97. The topological polar surface area (TPSA) is 25.8 Å². The second kappa shape index (κ2) is 4.85. The van der Waals surface area contributed by atoms with Gasteiger partial charge in [-0.15, -0.1) is 11.8 Å². The van der Waals surface area contributed by atoms with Gasteiger partial charge in [-0.25, -0.2) is 0 Å². The van der Waals surface area contributed by atoms with Gasteiger partial charge in [0.25, 0.3) is 0 Å². The summed E-state index contributed by atoms with van der Waals surface area (Å²) in [5.74, 6) is 1.06. The van der Waals surface area contributed by atoms with Crippen LogP contribution in [0.3, 0.4) is 0 Å². The second-order valence-corrected chi connectivity index (χ2v) is 6.47. The standard InChI is InChI=1S/C11H18N3S2/c1-4-15-11-10(12-16-13-11)9-6-5-7-14(2,3)8-9/h6H,4-5,7-8H2,1-3H3/q+1. The highest BCUT2D eigenvalue weighted by Gasteiger charge is 2.25. The van der Waals surface area contributed by atoms with Gasteiger partial charge in [0.05, 0.1) is 32.4 Å². The Morgan fingerprint density at radius 2 is 2.25 bits per heavy atom. The maximum absolute atomic E-state index is 4.46. The molecule has 16 heavy (non-hydrogen) atoms. The van der Waals surface area contributed by atoms with E-state index in [1.165, 1.54) is 23.8 Å². The van der Waals surface area contributed by atoms with Crippen LogP contribution in [0.4, 0.5) is 0 Å². The minimum atomic E-state index is 1.06. The summed E-state index contributed by atoms with van der Waals surface area (Å²) in [6.45, 7) is 4.45. The van der Waals surface area contributed by atoms with E-state index in [-0.39, 0.29) is 0 Å². The molecule has 0 aliphatic carbocycles. The average molecular weight is 256 g/mol. The zero-order valence-electron chi connectivity index (χ0n) is 10.1. The smallest absolute Gasteiger partial charge is 0.138 e. The lowest BCUT2D eigenvalue weighted by molar-refractivity contribution is -0.883. The predicted molar refractivity (Wildman–Crippen MR) is 70.7 cm³/mol. The molecule has 1 aromatic rings. The van der Waals surface area contributed by atoms with Gasteiger partial charge in [0, 0.05) is 12.0 Å². The van der Waals surface area contributed by atoms with Crippen molar-refractivity contribution in [2.24, 2.45) is 0 Å². The van der Waals surface area contributed by atoms with Gasteiger partial charge in [-0.1, -0.05) is 13.0 Å². The molecule has 0 unspecified atom stereocenters. The Bertz CT molecular complexity index is 396. The van der Waals surface area contributed by atoms with Gasteiger partial charge >= 0.3 is 0 Å². The van der Waals surface area contributed by atoms with Crippen LogP contribution in [0.5, 0.6) is 0 Å². The number of hydrogen-bond donors (Lipinski definition) is 0. The van der Waals surface area contributed by atoms with E-state index in [0.29, 0.717) is 0 Å². The second-order valence-electron chi connectivity index (χ2n) is 4.69. The molecule has 0 radical (unpaired) electrons. The van der Waals surface area contributed by atoms with Crippen molar-refractivity contribution in [3.8, 4) is 0 Å². The number of quaternary nitrogens is 1. The molecule has 0 aromatic carbocycles. The Kier molecular flexibility index (Phi) is 3.66. The molecule has 2 heterocycles. The van der Waals surface area contributed by atoms with E-state index in [4.69, 9.17) is 0 Å². The highest BCUT2D eigenvalue weighted by molar-refractivity contribution is 7.99. The first kappa shape index (κ1) is 12.1. The predicted octanol–water partition coefficient (Wildman–Crippen LogP) is 2.51. The molecular weight excluding hydrogens is 238 g/mol. The summed E-state index contributed by atoms with van der Waals surface area (Å²) in [4.78, 5) is 0. The Balaban J connectivity index is 2.23. The van der Waals surface area contributed by atoms with Crippen LogP contribution in [0.1, 0.15) is 19.0 Å². The molecule has 1 aliphatic heterocycles. The molecular formula is C11H18N3S2+. The van der Waals surface area contributed by atoms with Gasteiger partial charge < -0.3 is 4.48 Å². The summed E-state index contributed by atoms with van der Waals surface area (Å²) in [5.41, 5.74) is 2.50. The Morgan fingerprint density at radius 1 is 1.44 bits per heavy atom. The highest BCUT2D eigenvalue weighted by Crippen LogP contribution is 2.29. The molecule has 0 saturated carbocycles. The van der Waals surface area contributed by atoms with E-state index < -0.39 is 0 Å². The number of aromatic nitrogens is 2. The van der Waals surface area contributed by atoms with Gasteiger partial charge in [-0.2, -0.15) is 8.75 Å². The maximum atomic E-state index is 4.46. The molecule has 0 N–H and O–H groups in total. The summed E-state index contributed by atoms with van der Waals surface area (Å²) in [5, 5.41) is 1.11. The van der Waals surface area contributed by atoms with Crippen molar-refractivity contribution in [3.05, 3.63) is 11.8 Å². The lowest BCUT2D eigenvalue weighted by Gasteiger charge is -2.33. The van der Waals surface area contributed by atoms with Gasteiger partial charge in [-0.3, -0.25) is 0 Å². The van der Waals surface area contributed by atoms with Gasteiger partial charge in [0.15, 0.2) is 0 Å². The van der Waals surface area contributed by atoms with Crippen LogP contribution in [0.25, 0.3) is 5.57 Å². The number of rotatable bonds is 3. The maximum Gasteiger partial charge on any atom is 0.138 e. The number of likely N-dealkylation sites (N-methyl/N-ethyl adjacent to an activating group) is 1. The molecule has 0 amide bonds. The van der Waals surface area contributed by atoms with E-state index in [9.17, 15) is 0 Å². The van der Waals surface area contributed by atoms with Crippen LogP contribution in [0.2, 0.25) is 0 Å². The summed E-state index contributed by atoms with van der Waals surface area (Å²) >= 11 is 3.12. The molecule has 1 aromatic heterocycles. The van der Waals surface area contributed by atoms with Crippen LogP contribution in [-0.4, -0.2) is 46.2 Å². The molecule has 0 saturated heterocycles. The third kappa shape index (κ3) is 2.64. The third-order valence-electron chi connectivity index (χ3n) is 2.77. The quantitative estimate of drug-likeness (QED) is 0.614. The van der Waals surface area contributed by atoms with Crippen molar-refractivity contribution in [1.29, 1.82) is 0 Å². The molecule has 0 fully saturated rings. The number of thioether (sulfide) groups is 1. The fraction of sp³-hybridized carbons (Fsp3) is 0.636. The summed E-state index contributed by atoms with van der Waals surface area (Å²) in [6.07, 6.45) is 3.48. The van der Waals surface area contributed by atoms with E-state index >= 15 is 0 Å². The molecule has 0 bridgehead atoms. The minimum Gasteiger partial charge on any atom is -0.324 e. The van der Waals surface area contributed by atoms with E-state index in [2.05, 4.69) is 35.8 Å². The molecule has 3 nitrogen and oxygen atoms in total. The van der Waals surface area contributed by atoms with E-state index in [0.717, 1.165) is 33.9 Å². The largest absolute Gasteiger partial charge is 0.324 e. The fourth-order valence-corrected chi connectivity index (χ4v) is 3.41. The first-order valence-corrected chi connectivity index (χ1v) is 7.31. The summed E-state index contributed by atoms with van der Waals surface area (Å²) in [7, 11) is 4.55. The molecule has 0 atom stereocenters. The van der Waals surface area contributed by atoms with Crippen LogP contribution in [0.15, 0.2) is 11.1 Å². The molecule has 1 aliphatic rings. The van der Waals surface area contributed by atoms with Crippen molar-refractivity contribution < 1.29 is 4.48 Å². The lowest BCUT2D eigenvalue weighted by Crippen LogP contribution is -2.43. The van der Waals surface area contributed by atoms with Crippen molar-refractivity contribution >= 4 is 29.1 Å². The third-order valence-corrected chi connectivity index (χ3v) is 4.26. The van der Waals surface area contributed by atoms with Crippen molar-refractivity contribution in [2.75, 3.05) is 32.9 Å². The lowest BCUT2D eigenvalue weighted by atomic mass is 10.1. The Labute approximate surface area is 105 Å². The highest BCUT2D eigenvalue weighted by atomic mass is 32.2. The van der Waals surface area contributed by atoms with Crippen molar-refractivity contribution in [3.63, 3.8) is 0 Å². The van der Waals surface area contributed by atoms with Gasteiger partial charge in [0.1, 0.15) is 17.3 Å². The van der Waals surface area contributed by atoms with Crippen molar-refractivity contribution in [1.82, 2.24) is 8.75 Å². The van der Waals surface area contributed by atoms with Crippen LogP contribution in [0, 0.1) is 0 Å². The van der Waals surface area contributed by atoms with E-state index in [1.807, 2.05) is 0 Å². The zero-order valence-corrected chi connectivity index (χ0v) is 11.7.